The van der Waals surface area contributed by atoms with Gasteiger partial charge in [0.25, 0.3) is 0 Å². The highest BCUT2D eigenvalue weighted by Crippen LogP contribution is 2.33. The number of rotatable bonds is 11. The number of aliphatic hydroxyl groups excluding tert-OH is 1. The molecule has 0 spiro atoms. The zero-order chi connectivity index (χ0) is 24.8. The van der Waals surface area contributed by atoms with Crippen molar-refractivity contribution in [3.05, 3.63) is 60.0 Å². The molecule has 0 radical (unpaired) electrons. The molecule has 4 rings (SSSR count). The molecule has 2 N–H and O–H groups in total. The van der Waals surface area contributed by atoms with Gasteiger partial charge in [0.1, 0.15) is 5.75 Å². The van der Waals surface area contributed by atoms with Gasteiger partial charge in [-0.05, 0) is 99.5 Å². The summed E-state index contributed by atoms with van der Waals surface area (Å²) in [4.78, 5) is 18.8. The Labute approximate surface area is 207 Å². The Morgan fingerprint density at radius 2 is 2.11 bits per heavy atom. The standard InChI is InChI=1S/C28H37N3O4/c1-30-15-5-7-21(30)6-3-4-16-31-17-13-20(25(19-31)28(33)34)8-11-27(32)23-12-14-29-26-10-9-22(35-2)18-24(23)26/h5,7,9-10,12,14-15,18,20,25,27,32H,3-4,6,8,11,13,16-17,19H2,1-2H3,(H,33,34)/t20-,25+,27+/m1/s1. The van der Waals surface area contributed by atoms with Crippen molar-refractivity contribution >= 4 is 16.9 Å². The number of carboxylic acid groups (broad SMARTS) is 1. The Morgan fingerprint density at radius 3 is 2.86 bits per heavy atom. The minimum Gasteiger partial charge on any atom is -0.497 e. The predicted octanol–water partition coefficient (Wildman–Crippen LogP) is 4.44. The van der Waals surface area contributed by atoms with Crippen LogP contribution in [0.3, 0.4) is 0 Å². The van der Waals surface area contributed by atoms with Gasteiger partial charge in [-0.3, -0.25) is 9.78 Å². The van der Waals surface area contributed by atoms with E-state index >= 15 is 0 Å². The number of benzene rings is 1. The Bertz CT molecular complexity index is 1130. The average molecular weight is 480 g/mol. The van der Waals surface area contributed by atoms with E-state index in [4.69, 9.17) is 4.74 Å². The summed E-state index contributed by atoms with van der Waals surface area (Å²) >= 11 is 0. The first-order chi connectivity index (χ1) is 17.0. The third-order valence-corrected chi connectivity index (χ3v) is 7.52. The van der Waals surface area contributed by atoms with E-state index in [1.54, 1.807) is 13.3 Å². The third-order valence-electron chi connectivity index (χ3n) is 7.52. The van der Waals surface area contributed by atoms with Gasteiger partial charge >= 0.3 is 5.97 Å². The smallest absolute Gasteiger partial charge is 0.308 e. The Morgan fingerprint density at radius 1 is 1.26 bits per heavy atom. The van der Waals surface area contributed by atoms with E-state index in [0.717, 1.165) is 61.0 Å². The van der Waals surface area contributed by atoms with Crippen molar-refractivity contribution in [1.29, 1.82) is 0 Å². The molecular weight excluding hydrogens is 442 g/mol. The van der Waals surface area contributed by atoms with E-state index in [0.29, 0.717) is 19.4 Å². The molecule has 0 saturated carbocycles. The Balaban J connectivity index is 1.30. The summed E-state index contributed by atoms with van der Waals surface area (Å²) in [7, 11) is 3.69. The highest BCUT2D eigenvalue weighted by atomic mass is 16.5. The van der Waals surface area contributed by atoms with Crippen LogP contribution in [0, 0.1) is 11.8 Å². The fraction of sp³-hybridized carbons (Fsp3) is 0.500. The number of carbonyl (C=O) groups is 1. The number of aromatic nitrogens is 2. The number of hydrogen-bond acceptors (Lipinski definition) is 5. The summed E-state index contributed by atoms with van der Waals surface area (Å²) < 4.78 is 7.50. The van der Waals surface area contributed by atoms with Crippen molar-refractivity contribution < 1.29 is 19.7 Å². The molecule has 0 bridgehead atoms. The molecule has 3 heterocycles. The van der Waals surface area contributed by atoms with Crippen LogP contribution in [0.4, 0.5) is 0 Å². The summed E-state index contributed by atoms with van der Waals surface area (Å²) in [6.45, 7) is 2.45. The largest absolute Gasteiger partial charge is 0.497 e. The second-order valence-electron chi connectivity index (χ2n) is 9.74. The van der Waals surface area contributed by atoms with Crippen LogP contribution in [0.2, 0.25) is 0 Å². The molecule has 0 amide bonds. The van der Waals surface area contributed by atoms with E-state index < -0.39 is 18.0 Å². The maximum Gasteiger partial charge on any atom is 0.308 e. The number of fused-ring (bicyclic) bond motifs is 1. The van der Waals surface area contributed by atoms with Crippen molar-refractivity contribution in [3.63, 3.8) is 0 Å². The average Bonchev–Trinajstić information content (AvgIpc) is 3.29. The number of likely N-dealkylation sites (tertiary alicyclic amines) is 1. The molecule has 35 heavy (non-hydrogen) atoms. The number of methoxy groups -OCH3 is 1. The second kappa shape index (κ2) is 11.7. The molecule has 3 aromatic rings. The van der Waals surface area contributed by atoms with Gasteiger partial charge in [0, 0.05) is 37.1 Å². The highest BCUT2D eigenvalue weighted by Gasteiger charge is 2.34. The fourth-order valence-corrected chi connectivity index (χ4v) is 5.39. The number of hydrogen-bond donors (Lipinski definition) is 2. The number of pyridine rings is 1. The number of unbranched alkanes of at least 4 members (excludes halogenated alkanes) is 1. The lowest BCUT2D eigenvalue weighted by atomic mass is 9.81. The number of aliphatic hydroxyl groups is 1. The van der Waals surface area contributed by atoms with Crippen LogP contribution in [0.1, 0.15) is 49.5 Å². The maximum absolute atomic E-state index is 12.1. The van der Waals surface area contributed by atoms with Crippen LogP contribution in [-0.2, 0) is 18.3 Å². The van der Waals surface area contributed by atoms with Crippen molar-refractivity contribution in [1.82, 2.24) is 14.5 Å². The molecule has 7 heteroatoms. The molecule has 1 aliphatic rings. The summed E-state index contributed by atoms with van der Waals surface area (Å²) in [5.41, 5.74) is 2.97. The quantitative estimate of drug-likeness (QED) is 0.395. The summed E-state index contributed by atoms with van der Waals surface area (Å²) in [6.07, 6.45) is 8.41. The molecule has 2 aromatic heterocycles. The molecule has 1 fully saturated rings. The Hall–Kier alpha value is -2.90. The van der Waals surface area contributed by atoms with Gasteiger partial charge < -0.3 is 24.4 Å². The highest BCUT2D eigenvalue weighted by molar-refractivity contribution is 5.83. The van der Waals surface area contributed by atoms with E-state index in [-0.39, 0.29) is 5.92 Å². The van der Waals surface area contributed by atoms with Gasteiger partial charge in [-0.2, -0.15) is 0 Å². The van der Waals surface area contributed by atoms with Crippen molar-refractivity contribution in [2.45, 2.75) is 44.6 Å². The van der Waals surface area contributed by atoms with Crippen molar-refractivity contribution in [2.24, 2.45) is 18.9 Å². The first kappa shape index (κ1) is 25.2. The van der Waals surface area contributed by atoms with Crippen LogP contribution in [-0.4, -0.2) is 57.4 Å². The monoisotopic (exact) mass is 479 g/mol. The van der Waals surface area contributed by atoms with E-state index in [1.165, 1.54) is 5.69 Å². The first-order valence-electron chi connectivity index (χ1n) is 12.6. The molecule has 188 valence electrons. The number of nitrogens with zero attached hydrogens (tertiary/aromatic N) is 3. The maximum atomic E-state index is 12.1. The second-order valence-corrected chi connectivity index (χ2v) is 9.74. The predicted molar refractivity (Wildman–Crippen MR) is 137 cm³/mol. The van der Waals surface area contributed by atoms with Crippen LogP contribution < -0.4 is 4.74 Å². The van der Waals surface area contributed by atoms with Crippen LogP contribution in [0.5, 0.6) is 5.75 Å². The van der Waals surface area contributed by atoms with Gasteiger partial charge in [-0.1, -0.05) is 0 Å². The zero-order valence-electron chi connectivity index (χ0n) is 20.8. The molecule has 1 saturated heterocycles. The van der Waals surface area contributed by atoms with Crippen molar-refractivity contribution in [2.75, 3.05) is 26.7 Å². The molecular formula is C28H37N3O4. The number of ether oxygens (including phenoxy) is 1. The zero-order valence-corrected chi connectivity index (χ0v) is 20.8. The van der Waals surface area contributed by atoms with E-state index in [1.807, 2.05) is 24.3 Å². The van der Waals surface area contributed by atoms with Gasteiger partial charge in [0.05, 0.1) is 24.6 Å². The summed E-state index contributed by atoms with van der Waals surface area (Å²) in [5.74, 6) is -0.319. The van der Waals surface area contributed by atoms with Crippen LogP contribution >= 0.6 is 0 Å². The Kier molecular flexibility index (Phi) is 8.42. The van der Waals surface area contributed by atoms with E-state index in [2.05, 4.69) is 39.8 Å². The van der Waals surface area contributed by atoms with Gasteiger partial charge in [0.15, 0.2) is 0 Å². The molecule has 1 aliphatic heterocycles. The first-order valence-corrected chi connectivity index (χ1v) is 12.6. The third kappa shape index (κ3) is 6.21. The van der Waals surface area contributed by atoms with Gasteiger partial charge in [0.2, 0.25) is 0 Å². The van der Waals surface area contributed by atoms with Crippen LogP contribution in [0.15, 0.2) is 48.8 Å². The molecule has 7 nitrogen and oxygen atoms in total. The number of piperidine rings is 1. The lowest BCUT2D eigenvalue weighted by molar-refractivity contribution is -0.146. The molecule has 0 unspecified atom stereocenters. The SMILES string of the molecule is COc1ccc2nccc([C@@H](O)CC[C@@H]3CCN(CCCCc4cccn4C)C[C@@H]3C(=O)O)c2c1. The summed E-state index contributed by atoms with van der Waals surface area (Å²) in [6, 6.07) is 11.7. The number of carboxylic acids is 1. The minimum atomic E-state index is -0.725. The van der Waals surface area contributed by atoms with Crippen molar-refractivity contribution in [3.8, 4) is 5.75 Å². The molecule has 3 atom stereocenters. The molecule has 1 aromatic carbocycles. The summed E-state index contributed by atoms with van der Waals surface area (Å²) in [5, 5.41) is 21.8. The number of aliphatic carboxylic acids is 1. The van der Waals surface area contributed by atoms with E-state index in [9.17, 15) is 15.0 Å². The topological polar surface area (TPSA) is 87.8 Å². The van der Waals surface area contributed by atoms with Gasteiger partial charge in [-0.25, -0.2) is 0 Å². The molecule has 0 aliphatic carbocycles. The lowest BCUT2D eigenvalue weighted by Gasteiger charge is -2.37. The lowest BCUT2D eigenvalue weighted by Crippen LogP contribution is -2.44. The number of aryl methyl sites for hydroxylation is 2. The van der Waals surface area contributed by atoms with Gasteiger partial charge in [-0.15, -0.1) is 0 Å². The fourth-order valence-electron chi connectivity index (χ4n) is 5.39. The normalized spacial score (nSPS) is 19.6. The van der Waals surface area contributed by atoms with Crippen LogP contribution in [0.25, 0.3) is 10.9 Å². The minimum absolute atomic E-state index is 0.0735.